The lowest BCUT2D eigenvalue weighted by Gasteiger charge is -2.24. The third-order valence-electron chi connectivity index (χ3n) is 2.77. The average Bonchev–Trinajstić information content (AvgIpc) is 2.32. The van der Waals surface area contributed by atoms with Crippen molar-refractivity contribution in [2.24, 2.45) is 0 Å². The Kier molecular flexibility index (Phi) is 5.37. The molecule has 0 amide bonds. The number of ether oxygens (including phenoxy) is 1. The molecule has 0 radical (unpaired) electrons. The van der Waals surface area contributed by atoms with E-state index in [0.29, 0.717) is 0 Å². The maximum absolute atomic E-state index is 5.53. The normalized spacial score (nSPS) is 13.1. The quantitative estimate of drug-likeness (QED) is 0.711. The summed E-state index contributed by atoms with van der Waals surface area (Å²) in [6.45, 7) is 7.47. The fraction of sp³-hybridized carbons (Fsp3) is 0.538. The molecule has 84 valence electrons. The van der Waals surface area contributed by atoms with Gasteiger partial charge in [0.25, 0.3) is 0 Å². The fourth-order valence-corrected chi connectivity index (χ4v) is 1.70. The van der Waals surface area contributed by atoms with Gasteiger partial charge in [0.2, 0.25) is 0 Å². The van der Waals surface area contributed by atoms with E-state index in [4.69, 9.17) is 4.74 Å². The first-order valence-corrected chi connectivity index (χ1v) is 5.61. The van der Waals surface area contributed by atoms with Crippen molar-refractivity contribution in [3.8, 4) is 0 Å². The van der Waals surface area contributed by atoms with Crippen LogP contribution in [0.15, 0.2) is 30.3 Å². The minimum atomic E-state index is 0.186. The van der Waals surface area contributed by atoms with Gasteiger partial charge in [-0.05, 0) is 18.7 Å². The molecular formula is C13H21NO. The van der Waals surface area contributed by atoms with Crippen LogP contribution in [-0.2, 0) is 4.74 Å². The lowest BCUT2D eigenvalue weighted by molar-refractivity contribution is 0.0668. The van der Waals surface area contributed by atoms with Gasteiger partial charge in [-0.2, -0.15) is 0 Å². The van der Waals surface area contributed by atoms with Crippen molar-refractivity contribution in [1.29, 1.82) is 0 Å². The van der Waals surface area contributed by atoms with Gasteiger partial charge in [0.15, 0.2) is 0 Å². The summed E-state index contributed by atoms with van der Waals surface area (Å²) in [6, 6.07) is 10.4. The zero-order valence-corrected chi connectivity index (χ0v) is 9.94. The van der Waals surface area contributed by atoms with E-state index in [1.54, 1.807) is 7.11 Å². The maximum Gasteiger partial charge on any atom is 0.0947 e. The summed E-state index contributed by atoms with van der Waals surface area (Å²) in [5.74, 6) is 0. The zero-order chi connectivity index (χ0) is 11.1. The molecule has 1 rings (SSSR count). The van der Waals surface area contributed by atoms with Crippen molar-refractivity contribution in [1.82, 2.24) is 4.90 Å². The van der Waals surface area contributed by atoms with E-state index >= 15 is 0 Å². The highest BCUT2D eigenvalue weighted by atomic mass is 16.5. The first-order valence-electron chi connectivity index (χ1n) is 5.61. The first-order chi connectivity index (χ1) is 7.31. The van der Waals surface area contributed by atoms with Gasteiger partial charge in [0.1, 0.15) is 0 Å². The molecule has 0 aromatic heterocycles. The van der Waals surface area contributed by atoms with Crippen LogP contribution in [0.4, 0.5) is 0 Å². The van der Waals surface area contributed by atoms with Crippen molar-refractivity contribution in [3.63, 3.8) is 0 Å². The van der Waals surface area contributed by atoms with Gasteiger partial charge in [0.05, 0.1) is 6.10 Å². The van der Waals surface area contributed by atoms with E-state index in [2.05, 4.69) is 43.0 Å². The minimum Gasteiger partial charge on any atom is -0.375 e. The molecule has 1 atom stereocenters. The number of nitrogens with zero attached hydrogens (tertiary/aromatic N) is 1. The predicted molar refractivity (Wildman–Crippen MR) is 64.0 cm³/mol. The second-order valence-corrected chi connectivity index (χ2v) is 3.62. The molecule has 0 aliphatic heterocycles. The van der Waals surface area contributed by atoms with E-state index in [1.807, 2.05) is 6.07 Å². The molecule has 0 saturated carbocycles. The number of hydrogen-bond acceptors (Lipinski definition) is 2. The molecule has 1 aromatic rings. The Morgan fingerprint density at radius 1 is 1.13 bits per heavy atom. The van der Waals surface area contributed by atoms with Crippen molar-refractivity contribution in [2.75, 3.05) is 26.7 Å². The van der Waals surface area contributed by atoms with Crippen LogP contribution in [-0.4, -0.2) is 31.6 Å². The smallest absolute Gasteiger partial charge is 0.0947 e. The van der Waals surface area contributed by atoms with E-state index in [-0.39, 0.29) is 6.10 Å². The number of hydrogen-bond donors (Lipinski definition) is 0. The number of likely N-dealkylation sites (N-methyl/N-ethyl adjacent to an activating group) is 1. The Hall–Kier alpha value is -0.860. The molecule has 0 bridgehead atoms. The van der Waals surface area contributed by atoms with Gasteiger partial charge in [-0.1, -0.05) is 44.2 Å². The Morgan fingerprint density at radius 3 is 2.20 bits per heavy atom. The second-order valence-electron chi connectivity index (χ2n) is 3.62. The molecule has 0 saturated heterocycles. The SMILES string of the molecule is CCN(CC)C[C@H](OC)c1ccccc1. The molecule has 0 aliphatic carbocycles. The van der Waals surface area contributed by atoms with Crippen molar-refractivity contribution in [3.05, 3.63) is 35.9 Å². The average molecular weight is 207 g/mol. The summed E-state index contributed by atoms with van der Waals surface area (Å²) < 4.78 is 5.53. The molecule has 2 heteroatoms. The van der Waals surface area contributed by atoms with Crippen LogP contribution in [0.1, 0.15) is 25.5 Å². The minimum absolute atomic E-state index is 0.186. The summed E-state index contributed by atoms with van der Waals surface area (Å²) in [6.07, 6.45) is 0.186. The molecule has 0 aliphatic rings. The first kappa shape index (κ1) is 12.2. The largest absolute Gasteiger partial charge is 0.375 e. The van der Waals surface area contributed by atoms with Crippen molar-refractivity contribution >= 4 is 0 Å². The topological polar surface area (TPSA) is 12.5 Å². The molecule has 0 spiro atoms. The number of methoxy groups -OCH3 is 1. The van der Waals surface area contributed by atoms with Crippen LogP contribution >= 0.6 is 0 Å². The number of benzene rings is 1. The van der Waals surface area contributed by atoms with Crippen LogP contribution < -0.4 is 0 Å². The van der Waals surface area contributed by atoms with Gasteiger partial charge in [-0.25, -0.2) is 0 Å². The Bertz CT molecular complexity index is 256. The van der Waals surface area contributed by atoms with Gasteiger partial charge >= 0.3 is 0 Å². The Morgan fingerprint density at radius 2 is 1.73 bits per heavy atom. The molecule has 0 fully saturated rings. The van der Waals surface area contributed by atoms with Crippen LogP contribution in [0.3, 0.4) is 0 Å². The second kappa shape index (κ2) is 6.59. The lowest BCUT2D eigenvalue weighted by atomic mass is 10.1. The van der Waals surface area contributed by atoms with Crippen LogP contribution in [0, 0.1) is 0 Å². The molecule has 0 heterocycles. The van der Waals surface area contributed by atoms with Gasteiger partial charge < -0.3 is 9.64 Å². The lowest BCUT2D eigenvalue weighted by Crippen LogP contribution is -2.29. The summed E-state index contributed by atoms with van der Waals surface area (Å²) in [7, 11) is 1.78. The van der Waals surface area contributed by atoms with E-state index < -0.39 is 0 Å². The highest BCUT2D eigenvalue weighted by Crippen LogP contribution is 2.17. The molecule has 15 heavy (non-hydrogen) atoms. The summed E-state index contributed by atoms with van der Waals surface area (Å²) in [5, 5.41) is 0. The van der Waals surface area contributed by atoms with Gasteiger partial charge in [-0.3, -0.25) is 0 Å². The third kappa shape index (κ3) is 3.65. The highest BCUT2D eigenvalue weighted by molar-refractivity contribution is 5.17. The van der Waals surface area contributed by atoms with Crippen LogP contribution in [0.2, 0.25) is 0 Å². The van der Waals surface area contributed by atoms with Crippen molar-refractivity contribution in [2.45, 2.75) is 20.0 Å². The van der Waals surface area contributed by atoms with Crippen LogP contribution in [0.25, 0.3) is 0 Å². The summed E-state index contributed by atoms with van der Waals surface area (Å²) in [4.78, 5) is 2.38. The van der Waals surface area contributed by atoms with E-state index in [0.717, 1.165) is 19.6 Å². The molecule has 1 aromatic carbocycles. The molecule has 0 N–H and O–H groups in total. The fourth-order valence-electron chi connectivity index (χ4n) is 1.70. The zero-order valence-electron chi connectivity index (χ0n) is 9.94. The third-order valence-corrected chi connectivity index (χ3v) is 2.77. The monoisotopic (exact) mass is 207 g/mol. The summed E-state index contributed by atoms with van der Waals surface area (Å²) in [5.41, 5.74) is 1.26. The van der Waals surface area contributed by atoms with E-state index in [1.165, 1.54) is 5.56 Å². The van der Waals surface area contributed by atoms with Gasteiger partial charge in [-0.15, -0.1) is 0 Å². The van der Waals surface area contributed by atoms with E-state index in [9.17, 15) is 0 Å². The van der Waals surface area contributed by atoms with Crippen LogP contribution in [0.5, 0.6) is 0 Å². The molecular weight excluding hydrogens is 186 g/mol. The molecule has 0 unspecified atom stereocenters. The summed E-state index contributed by atoms with van der Waals surface area (Å²) >= 11 is 0. The standard InChI is InChI=1S/C13H21NO/c1-4-14(5-2)11-13(15-3)12-9-7-6-8-10-12/h6-10,13H,4-5,11H2,1-3H3/t13-/m0/s1. The predicted octanol–water partition coefficient (Wildman–Crippen LogP) is 2.72. The van der Waals surface area contributed by atoms with Crippen molar-refractivity contribution < 1.29 is 4.74 Å². The maximum atomic E-state index is 5.53. The highest BCUT2D eigenvalue weighted by Gasteiger charge is 2.12. The Balaban J connectivity index is 2.64. The Labute approximate surface area is 92.9 Å². The molecule has 2 nitrogen and oxygen atoms in total. The number of rotatable bonds is 6. The van der Waals surface area contributed by atoms with Gasteiger partial charge in [0, 0.05) is 13.7 Å².